The van der Waals surface area contributed by atoms with Crippen LogP contribution >= 0.6 is 12.4 Å². The monoisotopic (exact) mass is 387 g/mol. The molecule has 25 heavy (non-hydrogen) atoms. The van der Waals surface area contributed by atoms with Gasteiger partial charge >= 0.3 is 0 Å². The molecule has 1 aromatic rings. The van der Waals surface area contributed by atoms with E-state index in [2.05, 4.69) is 22.3 Å². The van der Waals surface area contributed by atoms with E-state index in [1.165, 1.54) is 12.1 Å². The maximum Gasteiger partial charge on any atom is 0.251 e. The molecule has 1 aromatic carbocycles. The zero-order chi connectivity index (χ0) is 17.2. The summed E-state index contributed by atoms with van der Waals surface area (Å²) in [4.78, 5) is 12.6. The molecule has 2 fully saturated rings. The molecule has 1 aliphatic carbocycles. The van der Waals surface area contributed by atoms with E-state index in [-0.39, 0.29) is 29.3 Å². The summed E-state index contributed by atoms with van der Waals surface area (Å²) in [6.45, 7) is 4.31. The van der Waals surface area contributed by atoms with Crippen molar-refractivity contribution >= 4 is 28.3 Å². The first-order valence-electron chi connectivity index (χ1n) is 8.57. The Morgan fingerprint density at radius 1 is 1.28 bits per heavy atom. The van der Waals surface area contributed by atoms with Gasteiger partial charge < -0.3 is 10.6 Å². The second-order valence-corrected chi connectivity index (χ2v) is 8.64. The third kappa shape index (κ3) is 5.41. The number of nitrogens with one attached hydrogen (secondary N) is 3. The van der Waals surface area contributed by atoms with E-state index in [0.717, 1.165) is 32.4 Å². The highest BCUT2D eigenvalue weighted by molar-refractivity contribution is 7.89. The molecular formula is C17H26ClN3O3S. The molecule has 0 bridgehead atoms. The van der Waals surface area contributed by atoms with E-state index < -0.39 is 10.0 Å². The first kappa shape index (κ1) is 20.2. The Bertz CT molecular complexity index is 707. The van der Waals surface area contributed by atoms with Gasteiger partial charge in [0.1, 0.15) is 0 Å². The smallest absolute Gasteiger partial charge is 0.251 e. The lowest BCUT2D eigenvalue weighted by Crippen LogP contribution is -2.50. The van der Waals surface area contributed by atoms with Crippen LogP contribution in [0.3, 0.4) is 0 Å². The topological polar surface area (TPSA) is 87.3 Å². The summed E-state index contributed by atoms with van der Waals surface area (Å²) >= 11 is 0. The van der Waals surface area contributed by atoms with Gasteiger partial charge in [0.15, 0.2) is 0 Å². The van der Waals surface area contributed by atoms with Crippen LogP contribution in [0.15, 0.2) is 29.2 Å². The number of benzene rings is 1. The summed E-state index contributed by atoms with van der Waals surface area (Å²) in [5.41, 5.74) is 0.377. The summed E-state index contributed by atoms with van der Waals surface area (Å²) in [7, 11) is -3.56. The SMILES string of the molecule is CC1CCNCC1NC(=O)c1cccc(S(=O)(=O)NCC2CC2)c1.Cl. The lowest BCUT2D eigenvalue weighted by molar-refractivity contribution is 0.0915. The summed E-state index contributed by atoms with van der Waals surface area (Å²) < 4.78 is 27.3. The van der Waals surface area contributed by atoms with Crippen LogP contribution in [0, 0.1) is 11.8 Å². The van der Waals surface area contributed by atoms with Crippen molar-refractivity contribution in [1.82, 2.24) is 15.4 Å². The Labute approximate surface area is 155 Å². The van der Waals surface area contributed by atoms with Crippen LogP contribution in [-0.4, -0.2) is 40.0 Å². The van der Waals surface area contributed by atoms with Gasteiger partial charge in [-0.05, 0) is 55.8 Å². The summed E-state index contributed by atoms with van der Waals surface area (Å²) in [6, 6.07) is 6.31. The Balaban J connectivity index is 0.00000225. The molecule has 2 atom stereocenters. The number of carbonyl (C=O) groups is 1. The van der Waals surface area contributed by atoms with Crippen LogP contribution < -0.4 is 15.4 Å². The lowest BCUT2D eigenvalue weighted by Gasteiger charge is -2.30. The standard InChI is InChI=1S/C17H25N3O3S.ClH/c1-12-7-8-18-11-16(12)20-17(21)14-3-2-4-15(9-14)24(22,23)19-10-13-5-6-13;/h2-4,9,12-13,16,18-19H,5-8,10-11H2,1H3,(H,20,21);1H. The van der Waals surface area contributed by atoms with Gasteiger partial charge in [0, 0.05) is 24.7 Å². The molecule has 8 heteroatoms. The normalized spacial score (nSPS) is 23.6. The van der Waals surface area contributed by atoms with Crippen LogP contribution in [0.2, 0.25) is 0 Å². The maximum absolute atomic E-state index is 12.5. The van der Waals surface area contributed by atoms with E-state index in [0.29, 0.717) is 23.9 Å². The van der Waals surface area contributed by atoms with Crippen molar-refractivity contribution in [3.05, 3.63) is 29.8 Å². The van der Waals surface area contributed by atoms with E-state index in [1.54, 1.807) is 12.1 Å². The average Bonchev–Trinajstić information content (AvgIpc) is 3.40. The zero-order valence-corrected chi connectivity index (χ0v) is 16.0. The molecule has 0 aromatic heterocycles. The molecule has 140 valence electrons. The fourth-order valence-electron chi connectivity index (χ4n) is 2.87. The van der Waals surface area contributed by atoms with Gasteiger partial charge in [-0.1, -0.05) is 13.0 Å². The highest BCUT2D eigenvalue weighted by atomic mass is 35.5. The molecule has 0 spiro atoms. The largest absolute Gasteiger partial charge is 0.348 e. The minimum Gasteiger partial charge on any atom is -0.348 e. The number of piperidine rings is 1. The Morgan fingerprint density at radius 2 is 2.04 bits per heavy atom. The van der Waals surface area contributed by atoms with Crippen LogP contribution in [0.4, 0.5) is 0 Å². The Morgan fingerprint density at radius 3 is 2.72 bits per heavy atom. The third-order valence-electron chi connectivity index (χ3n) is 4.81. The number of rotatable bonds is 6. The van der Waals surface area contributed by atoms with Crippen molar-refractivity contribution in [3.8, 4) is 0 Å². The van der Waals surface area contributed by atoms with Crippen LogP contribution in [0.5, 0.6) is 0 Å². The van der Waals surface area contributed by atoms with Crippen LogP contribution in [0.25, 0.3) is 0 Å². The van der Waals surface area contributed by atoms with E-state index >= 15 is 0 Å². The number of halogens is 1. The number of carbonyl (C=O) groups excluding carboxylic acids is 1. The maximum atomic E-state index is 12.5. The minimum absolute atomic E-state index is 0. The molecule has 1 amide bonds. The van der Waals surface area contributed by atoms with Gasteiger partial charge in [0.25, 0.3) is 5.91 Å². The predicted octanol–water partition coefficient (Wildman–Crippen LogP) is 1.52. The van der Waals surface area contributed by atoms with Crippen molar-refractivity contribution in [1.29, 1.82) is 0 Å². The van der Waals surface area contributed by atoms with Gasteiger partial charge in [-0.25, -0.2) is 13.1 Å². The van der Waals surface area contributed by atoms with Crippen molar-refractivity contribution in [2.45, 2.75) is 37.1 Å². The van der Waals surface area contributed by atoms with Crippen molar-refractivity contribution in [2.24, 2.45) is 11.8 Å². The van der Waals surface area contributed by atoms with Crippen molar-refractivity contribution < 1.29 is 13.2 Å². The molecule has 6 nitrogen and oxygen atoms in total. The molecule has 1 heterocycles. The fraction of sp³-hybridized carbons (Fsp3) is 0.588. The fourth-order valence-corrected chi connectivity index (χ4v) is 4.03. The van der Waals surface area contributed by atoms with Crippen molar-refractivity contribution in [2.75, 3.05) is 19.6 Å². The molecule has 3 N–H and O–H groups in total. The molecule has 0 radical (unpaired) electrons. The quantitative estimate of drug-likeness (QED) is 0.690. The number of amides is 1. The van der Waals surface area contributed by atoms with Gasteiger partial charge in [0.2, 0.25) is 10.0 Å². The van der Waals surface area contributed by atoms with Gasteiger partial charge in [-0.2, -0.15) is 0 Å². The third-order valence-corrected chi connectivity index (χ3v) is 6.23. The van der Waals surface area contributed by atoms with Gasteiger partial charge in [-0.3, -0.25) is 4.79 Å². The predicted molar refractivity (Wildman–Crippen MR) is 99.5 cm³/mol. The molecule has 3 rings (SSSR count). The lowest BCUT2D eigenvalue weighted by atomic mass is 9.94. The van der Waals surface area contributed by atoms with Gasteiger partial charge in [-0.15, -0.1) is 12.4 Å². The first-order chi connectivity index (χ1) is 11.5. The average molecular weight is 388 g/mol. The number of hydrogen-bond acceptors (Lipinski definition) is 4. The number of sulfonamides is 1. The highest BCUT2D eigenvalue weighted by Crippen LogP contribution is 2.28. The summed E-state index contributed by atoms with van der Waals surface area (Å²) in [5, 5.41) is 6.28. The van der Waals surface area contributed by atoms with E-state index in [1.807, 2.05) is 0 Å². The molecular weight excluding hydrogens is 362 g/mol. The zero-order valence-electron chi connectivity index (χ0n) is 14.3. The number of hydrogen-bond donors (Lipinski definition) is 3. The van der Waals surface area contributed by atoms with Crippen LogP contribution in [-0.2, 0) is 10.0 Å². The highest BCUT2D eigenvalue weighted by Gasteiger charge is 2.26. The van der Waals surface area contributed by atoms with Crippen molar-refractivity contribution in [3.63, 3.8) is 0 Å². The van der Waals surface area contributed by atoms with E-state index in [9.17, 15) is 13.2 Å². The second kappa shape index (κ2) is 8.49. The Hall–Kier alpha value is -1.15. The molecule has 1 saturated heterocycles. The molecule has 2 unspecified atom stereocenters. The van der Waals surface area contributed by atoms with Gasteiger partial charge in [0.05, 0.1) is 4.90 Å². The van der Waals surface area contributed by atoms with E-state index in [4.69, 9.17) is 0 Å². The summed E-state index contributed by atoms with van der Waals surface area (Å²) in [5.74, 6) is 0.642. The first-order valence-corrected chi connectivity index (χ1v) is 10.1. The van der Waals surface area contributed by atoms with Crippen LogP contribution in [0.1, 0.15) is 36.5 Å². The molecule has 2 aliphatic rings. The Kier molecular flexibility index (Phi) is 6.85. The summed E-state index contributed by atoms with van der Waals surface area (Å²) in [6.07, 6.45) is 3.18. The minimum atomic E-state index is -3.56. The molecule has 1 saturated carbocycles. The molecule has 1 aliphatic heterocycles. The second-order valence-electron chi connectivity index (χ2n) is 6.87.